The molecule has 1 amide bonds. The fourth-order valence-electron chi connectivity index (χ4n) is 2.38. The molecule has 0 unspecified atom stereocenters. The van der Waals surface area contributed by atoms with Gasteiger partial charge in [0.25, 0.3) is 5.91 Å². The van der Waals surface area contributed by atoms with Crippen molar-refractivity contribution in [3.05, 3.63) is 53.7 Å². The Morgan fingerprint density at radius 2 is 2.09 bits per heavy atom. The minimum atomic E-state index is -0.256. The third kappa shape index (κ3) is 2.14. The van der Waals surface area contributed by atoms with Gasteiger partial charge in [0, 0.05) is 5.39 Å². The number of carbonyl (C=O) groups is 1. The zero-order valence-electron chi connectivity index (χ0n) is 11.8. The second kappa shape index (κ2) is 4.92. The Morgan fingerprint density at radius 3 is 3.00 bits per heavy atom. The Kier molecular flexibility index (Phi) is 2.90. The number of nitrogens with zero attached hydrogens (tertiary/aromatic N) is 2. The first-order valence-electron chi connectivity index (χ1n) is 6.82. The number of anilines is 1. The van der Waals surface area contributed by atoms with Gasteiger partial charge in [0.2, 0.25) is 0 Å². The number of nitrogens with one attached hydrogen (secondary N) is 2. The van der Waals surface area contributed by atoms with E-state index >= 15 is 0 Å². The molecule has 0 atom stereocenters. The molecule has 0 spiro atoms. The van der Waals surface area contributed by atoms with E-state index < -0.39 is 0 Å². The highest BCUT2D eigenvalue weighted by atomic mass is 32.1. The van der Waals surface area contributed by atoms with Crippen molar-refractivity contribution in [1.82, 2.24) is 15.2 Å². The third-order valence-electron chi connectivity index (χ3n) is 3.45. The summed E-state index contributed by atoms with van der Waals surface area (Å²) in [5.74, 6) is -0.256. The van der Waals surface area contributed by atoms with Gasteiger partial charge < -0.3 is 0 Å². The monoisotopic (exact) mass is 308 g/mol. The number of aromatic amines is 1. The first-order valence-corrected chi connectivity index (χ1v) is 7.64. The summed E-state index contributed by atoms with van der Waals surface area (Å²) < 4.78 is 1.06. The number of hydrogen-bond donors (Lipinski definition) is 2. The Morgan fingerprint density at radius 1 is 1.23 bits per heavy atom. The molecule has 2 aromatic heterocycles. The van der Waals surface area contributed by atoms with Gasteiger partial charge in [0.1, 0.15) is 0 Å². The molecule has 4 aromatic rings. The summed E-state index contributed by atoms with van der Waals surface area (Å²) in [5.41, 5.74) is 3.28. The summed E-state index contributed by atoms with van der Waals surface area (Å²) in [7, 11) is 0. The number of fused-ring (bicyclic) bond motifs is 2. The second-order valence-electron chi connectivity index (χ2n) is 5.06. The van der Waals surface area contributed by atoms with Gasteiger partial charge in [-0.1, -0.05) is 35.6 Å². The zero-order valence-corrected chi connectivity index (χ0v) is 12.6. The van der Waals surface area contributed by atoms with Gasteiger partial charge in [-0.3, -0.25) is 15.2 Å². The van der Waals surface area contributed by atoms with Crippen LogP contribution in [0, 0.1) is 6.92 Å². The SMILES string of the molecule is Cc1ccc2nc(NC(=O)c3n[nH]c4ccccc34)sc2c1. The molecule has 2 aromatic carbocycles. The van der Waals surface area contributed by atoms with Crippen molar-refractivity contribution in [3.8, 4) is 0 Å². The standard InChI is InChI=1S/C16H12N4OS/c1-9-6-7-12-13(8-9)22-16(17-12)18-15(21)14-10-4-2-3-5-11(10)19-20-14/h2-8H,1H3,(H,19,20)(H,17,18,21). The highest BCUT2D eigenvalue weighted by Gasteiger charge is 2.15. The molecule has 0 aliphatic heterocycles. The van der Waals surface area contributed by atoms with Crippen LogP contribution in [0.1, 0.15) is 16.1 Å². The Hall–Kier alpha value is -2.73. The van der Waals surface area contributed by atoms with Crippen LogP contribution in [0.5, 0.6) is 0 Å². The van der Waals surface area contributed by atoms with E-state index in [0.717, 1.165) is 21.1 Å². The molecule has 0 saturated carbocycles. The molecule has 0 saturated heterocycles. The Labute approximate surface area is 130 Å². The summed E-state index contributed by atoms with van der Waals surface area (Å²) in [5, 5.41) is 11.2. The summed E-state index contributed by atoms with van der Waals surface area (Å²) in [6, 6.07) is 13.6. The number of benzene rings is 2. The summed E-state index contributed by atoms with van der Waals surface area (Å²) in [6.45, 7) is 2.03. The minimum absolute atomic E-state index is 0.256. The average molecular weight is 308 g/mol. The zero-order chi connectivity index (χ0) is 15.1. The number of rotatable bonds is 2. The summed E-state index contributed by atoms with van der Waals surface area (Å²) in [4.78, 5) is 16.8. The largest absolute Gasteiger partial charge is 0.296 e. The van der Waals surface area contributed by atoms with Crippen molar-refractivity contribution in [3.63, 3.8) is 0 Å². The first kappa shape index (κ1) is 13.0. The fraction of sp³-hybridized carbons (Fsp3) is 0.0625. The molecule has 0 aliphatic rings. The van der Waals surface area contributed by atoms with Gasteiger partial charge in [0.05, 0.1) is 15.7 Å². The van der Waals surface area contributed by atoms with Crippen molar-refractivity contribution in [2.75, 3.05) is 5.32 Å². The maximum atomic E-state index is 12.4. The van der Waals surface area contributed by atoms with E-state index in [1.165, 1.54) is 16.9 Å². The molecular weight excluding hydrogens is 296 g/mol. The predicted octanol–water partition coefficient (Wildman–Crippen LogP) is 3.73. The van der Waals surface area contributed by atoms with Crippen LogP contribution in [0.4, 0.5) is 5.13 Å². The van der Waals surface area contributed by atoms with Crippen molar-refractivity contribution in [1.29, 1.82) is 0 Å². The number of carbonyl (C=O) groups excluding carboxylic acids is 1. The molecule has 2 heterocycles. The molecular formula is C16H12N4OS. The van der Waals surface area contributed by atoms with Gasteiger partial charge in [-0.05, 0) is 30.7 Å². The molecule has 2 N–H and O–H groups in total. The first-order chi connectivity index (χ1) is 10.7. The number of aromatic nitrogens is 3. The molecule has 0 fully saturated rings. The predicted molar refractivity (Wildman–Crippen MR) is 88.4 cm³/mol. The van der Waals surface area contributed by atoms with E-state index in [2.05, 4.69) is 26.6 Å². The summed E-state index contributed by atoms with van der Waals surface area (Å²) in [6.07, 6.45) is 0. The van der Waals surface area contributed by atoms with Crippen LogP contribution in [0.3, 0.4) is 0 Å². The number of amides is 1. The normalized spacial score (nSPS) is 11.1. The molecule has 5 nitrogen and oxygen atoms in total. The molecule has 0 radical (unpaired) electrons. The lowest BCUT2D eigenvalue weighted by molar-refractivity contribution is 0.102. The Balaban J connectivity index is 1.68. The highest BCUT2D eigenvalue weighted by molar-refractivity contribution is 7.22. The topological polar surface area (TPSA) is 70.7 Å². The van der Waals surface area contributed by atoms with E-state index in [-0.39, 0.29) is 5.91 Å². The van der Waals surface area contributed by atoms with Crippen molar-refractivity contribution >= 4 is 43.5 Å². The molecule has 22 heavy (non-hydrogen) atoms. The van der Waals surface area contributed by atoms with Gasteiger partial charge in [-0.25, -0.2) is 4.98 Å². The number of hydrogen-bond acceptors (Lipinski definition) is 4. The second-order valence-corrected chi connectivity index (χ2v) is 6.09. The van der Waals surface area contributed by atoms with Crippen molar-refractivity contribution < 1.29 is 4.79 Å². The van der Waals surface area contributed by atoms with E-state index in [9.17, 15) is 4.79 Å². The molecule has 0 bridgehead atoms. The quantitative estimate of drug-likeness (QED) is 0.592. The maximum Gasteiger partial charge on any atom is 0.278 e. The molecule has 108 valence electrons. The lowest BCUT2D eigenvalue weighted by Crippen LogP contribution is -2.12. The number of thiazole rings is 1. The third-order valence-corrected chi connectivity index (χ3v) is 4.38. The smallest absolute Gasteiger partial charge is 0.278 e. The lowest BCUT2D eigenvalue weighted by Gasteiger charge is -1.98. The maximum absolute atomic E-state index is 12.4. The van der Waals surface area contributed by atoms with Crippen LogP contribution < -0.4 is 5.32 Å². The molecule has 6 heteroatoms. The van der Waals surface area contributed by atoms with E-state index in [0.29, 0.717) is 10.8 Å². The fourth-order valence-corrected chi connectivity index (χ4v) is 3.34. The van der Waals surface area contributed by atoms with E-state index in [1.807, 2.05) is 43.3 Å². The summed E-state index contributed by atoms with van der Waals surface area (Å²) >= 11 is 1.46. The van der Waals surface area contributed by atoms with Crippen LogP contribution >= 0.6 is 11.3 Å². The lowest BCUT2D eigenvalue weighted by atomic mass is 10.2. The minimum Gasteiger partial charge on any atom is -0.296 e. The average Bonchev–Trinajstić information content (AvgIpc) is 3.09. The van der Waals surface area contributed by atoms with Gasteiger partial charge in [-0.2, -0.15) is 5.10 Å². The Bertz CT molecular complexity index is 1000. The van der Waals surface area contributed by atoms with E-state index in [1.54, 1.807) is 0 Å². The van der Waals surface area contributed by atoms with E-state index in [4.69, 9.17) is 0 Å². The van der Waals surface area contributed by atoms with Crippen molar-refractivity contribution in [2.45, 2.75) is 6.92 Å². The van der Waals surface area contributed by atoms with Crippen LogP contribution in [-0.2, 0) is 0 Å². The molecule has 0 aliphatic carbocycles. The number of para-hydroxylation sites is 1. The number of H-pyrrole nitrogens is 1. The molecule has 4 rings (SSSR count). The van der Waals surface area contributed by atoms with Crippen molar-refractivity contribution in [2.24, 2.45) is 0 Å². The van der Waals surface area contributed by atoms with Crippen LogP contribution in [0.2, 0.25) is 0 Å². The van der Waals surface area contributed by atoms with Gasteiger partial charge in [-0.15, -0.1) is 0 Å². The van der Waals surface area contributed by atoms with Crippen LogP contribution in [0.15, 0.2) is 42.5 Å². The van der Waals surface area contributed by atoms with Gasteiger partial charge in [0.15, 0.2) is 10.8 Å². The highest BCUT2D eigenvalue weighted by Crippen LogP contribution is 2.27. The van der Waals surface area contributed by atoms with Crippen LogP contribution in [0.25, 0.3) is 21.1 Å². The van der Waals surface area contributed by atoms with Gasteiger partial charge >= 0.3 is 0 Å². The number of aryl methyl sites for hydroxylation is 1. The van der Waals surface area contributed by atoms with Crippen LogP contribution in [-0.4, -0.2) is 21.1 Å².